The fraction of sp³-hybridized carbons (Fsp3) is 0.800. The smallest absolute Gasteiger partial charge is 0.309 e. The Kier molecular flexibility index (Phi) is 9.95. The van der Waals surface area contributed by atoms with Crippen molar-refractivity contribution in [2.45, 2.75) is 117 Å². The van der Waals surface area contributed by atoms with Gasteiger partial charge in [-0.25, -0.2) is 0 Å². The van der Waals surface area contributed by atoms with Gasteiger partial charge >= 0.3 is 5.97 Å². The third-order valence-corrected chi connectivity index (χ3v) is 9.31. The van der Waals surface area contributed by atoms with Gasteiger partial charge in [-0.3, -0.25) is 9.59 Å². The SMILES string of the molecule is CCC(CO)O/C=C(N)/C=C(\C)[C@@H]1CC2OC2(C)CC2CC2[C@H](C)[C@H](O)[C@@H](C)C(=O)C(C)(C)[C@@H](O)CC(=O)O1. The van der Waals surface area contributed by atoms with Gasteiger partial charge in [-0.1, -0.05) is 34.6 Å². The molecule has 0 spiro atoms. The molecule has 5 unspecified atom stereocenters. The van der Waals surface area contributed by atoms with E-state index in [1.165, 1.54) is 6.26 Å². The van der Waals surface area contributed by atoms with Crippen molar-refractivity contribution in [2.75, 3.05) is 6.61 Å². The van der Waals surface area contributed by atoms with Crippen molar-refractivity contribution in [1.82, 2.24) is 0 Å². The van der Waals surface area contributed by atoms with E-state index in [2.05, 4.69) is 6.92 Å². The van der Waals surface area contributed by atoms with Gasteiger partial charge in [0.25, 0.3) is 0 Å². The Balaban J connectivity index is 1.85. The minimum atomic E-state index is -1.28. The quantitative estimate of drug-likeness (QED) is 0.169. The van der Waals surface area contributed by atoms with Crippen molar-refractivity contribution >= 4 is 11.8 Å². The number of carbonyl (C=O) groups excluding carboxylic acids is 2. The second-order valence-electron chi connectivity index (χ2n) is 12.8. The minimum Gasteiger partial charge on any atom is -0.494 e. The number of aliphatic hydroxyl groups excluding tert-OH is 3. The van der Waals surface area contributed by atoms with Crippen molar-refractivity contribution in [3.8, 4) is 0 Å². The summed E-state index contributed by atoms with van der Waals surface area (Å²) >= 11 is 0. The third-order valence-electron chi connectivity index (χ3n) is 9.31. The van der Waals surface area contributed by atoms with Crippen LogP contribution in [0.3, 0.4) is 0 Å². The summed E-state index contributed by atoms with van der Waals surface area (Å²) in [5.41, 5.74) is 5.54. The molecule has 9 heteroatoms. The fourth-order valence-electron chi connectivity index (χ4n) is 6.03. The lowest BCUT2D eigenvalue weighted by Gasteiger charge is -2.34. The van der Waals surface area contributed by atoms with Crippen LogP contribution in [0.15, 0.2) is 23.6 Å². The fourth-order valence-corrected chi connectivity index (χ4v) is 6.03. The highest BCUT2D eigenvalue weighted by Gasteiger charge is 2.58. The predicted octanol–water partition coefficient (Wildman–Crippen LogP) is 3.00. The van der Waals surface area contributed by atoms with Crippen molar-refractivity contribution in [1.29, 1.82) is 0 Å². The van der Waals surface area contributed by atoms with Crippen molar-refractivity contribution in [2.24, 2.45) is 34.8 Å². The number of hydrogen-bond donors (Lipinski definition) is 4. The summed E-state index contributed by atoms with van der Waals surface area (Å²) in [6.07, 6.45) is 2.33. The summed E-state index contributed by atoms with van der Waals surface area (Å²) < 4.78 is 17.5. The Bertz CT molecular complexity index is 957. The number of esters is 1. The minimum absolute atomic E-state index is 0.0615. The lowest BCUT2D eigenvalue weighted by Crippen LogP contribution is -2.46. The Morgan fingerprint density at radius 3 is 2.49 bits per heavy atom. The van der Waals surface area contributed by atoms with Crippen LogP contribution in [0.25, 0.3) is 0 Å². The number of carbonyl (C=O) groups is 2. The molecule has 222 valence electrons. The molecule has 0 aromatic carbocycles. The first-order valence-corrected chi connectivity index (χ1v) is 14.3. The highest BCUT2D eigenvalue weighted by atomic mass is 16.6. The number of rotatable bonds is 6. The van der Waals surface area contributed by atoms with E-state index < -0.39 is 35.6 Å². The number of ether oxygens (including phenoxy) is 3. The van der Waals surface area contributed by atoms with Gasteiger partial charge in [-0.05, 0) is 62.5 Å². The first kappa shape index (κ1) is 31.6. The number of cyclic esters (lactones) is 1. The standard InChI is InChI=1S/C30H49NO8/c1-8-21(14-32)37-15-20(31)9-16(2)23-11-25-30(7,39-25)13-19-10-22(19)17(3)27(35)18(4)28(36)29(5,6)24(33)12-26(34)38-23/h9,15,17-19,21-25,27,32-33,35H,8,10-14,31H2,1-7H3/b16-9+,20-15-/t17-,18+,19?,21?,22?,23-,24-,25?,27-,30?/m0/s1. The van der Waals surface area contributed by atoms with E-state index in [9.17, 15) is 24.9 Å². The summed E-state index contributed by atoms with van der Waals surface area (Å²) in [5.74, 6) is -0.946. The second-order valence-corrected chi connectivity index (χ2v) is 12.8. The summed E-state index contributed by atoms with van der Waals surface area (Å²) in [4.78, 5) is 26.4. The van der Waals surface area contributed by atoms with Crippen LogP contribution < -0.4 is 5.73 Å². The number of hydrogen-bond acceptors (Lipinski definition) is 9. The number of aliphatic hydroxyl groups is 3. The van der Waals surface area contributed by atoms with Gasteiger partial charge < -0.3 is 35.3 Å². The van der Waals surface area contributed by atoms with Crippen LogP contribution in [0.1, 0.15) is 80.6 Å². The Morgan fingerprint density at radius 1 is 1.21 bits per heavy atom. The van der Waals surface area contributed by atoms with Crippen LogP contribution in [0.2, 0.25) is 0 Å². The molecule has 0 bridgehead atoms. The molecule has 2 aliphatic heterocycles. The highest BCUT2D eigenvalue weighted by molar-refractivity contribution is 5.88. The molecule has 5 N–H and O–H groups in total. The Labute approximate surface area is 232 Å². The number of fused-ring (bicyclic) bond motifs is 2. The maximum absolute atomic E-state index is 13.4. The van der Waals surface area contributed by atoms with Crippen LogP contribution in [-0.2, 0) is 23.8 Å². The average molecular weight is 552 g/mol. The summed E-state index contributed by atoms with van der Waals surface area (Å²) in [7, 11) is 0. The molecular weight excluding hydrogens is 502 g/mol. The van der Waals surface area contributed by atoms with E-state index in [1.807, 2.05) is 20.8 Å². The van der Waals surface area contributed by atoms with Gasteiger partial charge in [-0.15, -0.1) is 0 Å². The average Bonchev–Trinajstić information content (AvgIpc) is 3.78. The zero-order valence-electron chi connectivity index (χ0n) is 24.6. The van der Waals surface area contributed by atoms with E-state index in [-0.39, 0.29) is 42.5 Å². The van der Waals surface area contributed by atoms with Crippen LogP contribution in [0.4, 0.5) is 0 Å². The van der Waals surface area contributed by atoms with Crippen LogP contribution in [-0.4, -0.2) is 69.8 Å². The molecule has 3 aliphatic rings. The number of epoxide rings is 1. The number of allylic oxidation sites excluding steroid dienone is 1. The van der Waals surface area contributed by atoms with Gasteiger partial charge in [0.2, 0.25) is 0 Å². The largest absolute Gasteiger partial charge is 0.494 e. The lowest BCUT2D eigenvalue weighted by atomic mass is 9.72. The normalized spacial score (nSPS) is 40.7. The van der Waals surface area contributed by atoms with Crippen molar-refractivity contribution in [3.63, 3.8) is 0 Å². The zero-order valence-corrected chi connectivity index (χ0v) is 24.6. The molecule has 0 amide bonds. The zero-order chi connectivity index (χ0) is 29.3. The molecule has 2 saturated heterocycles. The number of nitrogens with two attached hydrogens (primary N) is 1. The van der Waals surface area contributed by atoms with Crippen molar-refractivity contribution in [3.05, 3.63) is 23.6 Å². The first-order chi connectivity index (χ1) is 18.1. The molecule has 0 aromatic rings. The summed E-state index contributed by atoms with van der Waals surface area (Å²) in [5, 5.41) is 31.3. The molecule has 3 rings (SSSR count). The van der Waals surface area contributed by atoms with Crippen LogP contribution in [0, 0.1) is 29.1 Å². The highest BCUT2D eigenvalue weighted by Crippen LogP contribution is 2.56. The maximum Gasteiger partial charge on any atom is 0.309 e. The molecule has 1 saturated carbocycles. The van der Waals surface area contributed by atoms with Crippen LogP contribution >= 0.6 is 0 Å². The molecular formula is C30H49NO8. The maximum atomic E-state index is 13.4. The van der Waals surface area contributed by atoms with Gasteiger partial charge in [-0.2, -0.15) is 0 Å². The van der Waals surface area contributed by atoms with Gasteiger partial charge in [0.15, 0.2) is 0 Å². The van der Waals surface area contributed by atoms with Gasteiger partial charge in [0.05, 0.1) is 48.1 Å². The van der Waals surface area contributed by atoms with Gasteiger partial charge in [0, 0.05) is 12.3 Å². The van der Waals surface area contributed by atoms with Gasteiger partial charge in [0.1, 0.15) is 24.3 Å². The topological polar surface area (TPSA) is 152 Å². The molecule has 1 aliphatic carbocycles. The monoisotopic (exact) mass is 551 g/mol. The van der Waals surface area contributed by atoms with E-state index in [0.29, 0.717) is 35.9 Å². The molecule has 39 heavy (non-hydrogen) atoms. The first-order valence-electron chi connectivity index (χ1n) is 14.3. The van der Waals surface area contributed by atoms with E-state index in [1.54, 1.807) is 26.8 Å². The van der Waals surface area contributed by atoms with E-state index in [0.717, 1.165) is 12.8 Å². The molecule has 9 nitrogen and oxygen atoms in total. The lowest BCUT2D eigenvalue weighted by molar-refractivity contribution is -0.154. The number of ketones is 1. The van der Waals surface area contributed by atoms with E-state index in [4.69, 9.17) is 19.9 Å². The van der Waals surface area contributed by atoms with E-state index >= 15 is 0 Å². The second kappa shape index (κ2) is 12.3. The Hall–Kier alpha value is -1.94. The third kappa shape index (κ3) is 7.43. The van der Waals surface area contributed by atoms with Crippen molar-refractivity contribution < 1.29 is 39.1 Å². The number of Topliss-reactive ketones (excluding diaryl/α,β-unsaturated/α-hetero) is 1. The molecule has 2 heterocycles. The predicted molar refractivity (Wildman–Crippen MR) is 146 cm³/mol. The molecule has 3 fully saturated rings. The molecule has 0 radical (unpaired) electrons. The van der Waals surface area contributed by atoms with Crippen LogP contribution in [0.5, 0.6) is 0 Å². The molecule has 0 aromatic heterocycles. The Morgan fingerprint density at radius 2 is 1.87 bits per heavy atom. The summed E-state index contributed by atoms with van der Waals surface area (Å²) in [6, 6.07) is 0. The molecule has 10 atom stereocenters. The summed E-state index contributed by atoms with van der Waals surface area (Å²) in [6.45, 7) is 12.6.